The van der Waals surface area contributed by atoms with Crippen molar-refractivity contribution in [2.24, 2.45) is 5.41 Å². The van der Waals surface area contributed by atoms with Crippen LogP contribution in [0.15, 0.2) is 48.5 Å². The number of hydrogen-bond acceptors (Lipinski definition) is 6. The van der Waals surface area contributed by atoms with Gasteiger partial charge in [0.2, 0.25) is 11.8 Å². The number of benzene rings is 2. The molecule has 0 N–H and O–H groups in total. The van der Waals surface area contributed by atoms with Gasteiger partial charge in [-0.1, -0.05) is 18.2 Å². The number of likely N-dealkylation sites (tertiary alicyclic amines) is 2. The number of nitrogens with zero attached hydrogens (tertiary/aromatic N) is 2. The molecule has 0 radical (unpaired) electrons. The largest absolute Gasteiger partial charge is 0.494 e. The summed E-state index contributed by atoms with van der Waals surface area (Å²) in [5.74, 6) is 2.23. The summed E-state index contributed by atoms with van der Waals surface area (Å²) in [6.07, 6.45) is 5.17. The van der Waals surface area contributed by atoms with Gasteiger partial charge in [0.1, 0.15) is 5.75 Å². The van der Waals surface area contributed by atoms with E-state index in [1.165, 1.54) is 0 Å². The Morgan fingerprint density at radius 1 is 0.795 bits per heavy atom. The molecule has 5 rings (SSSR count). The van der Waals surface area contributed by atoms with E-state index < -0.39 is 0 Å². The van der Waals surface area contributed by atoms with Gasteiger partial charge in [-0.3, -0.25) is 14.4 Å². The maximum atomic E-state index is 13.0. The normalized spacial score (nSPS) is 18.1. The SMILES string of the molecule is O=C(CCC(=O)N1CCC2(CCN(C(=O)CCCOc3ccccc3)CC2)C1)c1ccc2c(c1)OCCCO2. The molecule has 0 aliphatic carbocycles. The van der Waals surface area contributed by atoms with Gasteiger partial charge in [0.25, 0.3) is 0 Å². The number of amides is 2. The van der Waals surface area contributed by atoms with E-state index in [1.54, 1.807) is 18.2 Å². The van der Waals surface area contributed by atoms with Crippen LogP contribution in [0, 0.1) is 5.41 Å². The van der Waals surface area contributed by atoms with Crippen LogP contribution in [0.5, 0.6) is 17.2 Å². The van der Waals surface area contributed by atoms with Crippen molar-refractivity contribution < 1.29 is 28.6 Å². The van der Waals surface area contributed by atoms with Crippen LogP contribution in [0.2, 0.25) is 0 Å². The summed E-state index contributed by atoms with van der Waals surface area (Å²) in [4.78, 5) is 42.3. The topological polar surface area (TPSA) is 85.4 Å². The van der Waals surface area contributed by atoms with Crippen LogP contribution < -0.4 is 14.2 Å². The second kappa shape index (κ2) is 12.5. The van der Waals surface area contributed by atoms with Crippen LogP contribution in [0.1, 0.15) is 61.7 Å². The summed E-state index contributed by atoms with van der Waals surface area (Å²) in [5, 5.41) is 0. The minimum atomic E-state index is -0.0612. The number of carbonyl (C=O) groups is 3. The van der Waals surface area contributed by atoms with Crippen molar-refractivity contribution in [3.8, 4) is 17.2 Å². The molecule has 0 aromatic heterocycles. The van der Waals surface area contributed by atoms with Gasteiger partial charge in [0, 0.05) is 57.4 Å². The van der Waals surface area contributed by atoms with Crippen LogP contribution in [0.3, 0.4) is 0 Å². The van der Waals surface area contributed by atoms with Gasteiger partial charge in [-0.15, -0.1) is 0 Å². The molecule has 3 aliphatic rings. The molecule has 39 heavy (non-hydrogen) atoms. The molecule has 3 aliphatic heterocycles. The maximum absolute atomic E-state index is 13.0. The van der Waals surface area contributed by atoms with Crippen molar-refractivity contribution >= 4 is 17.6 Å². The Balaban J connectivity index is 1.02. The van der Waals surface area contributed by atoms with Gasteiger partial charge in [-0.25, -0.2) is 0 Å². The molecular weight excluding hydrogens is 496 g/mol. The quantitative estimate of drug-likeness (QED) is 0.348. The molecule has 0 unspecified atom stereocenters. The molecule has 0 saturated carbocycles. The smallest absolute Gasteiger partial charge is 0.223 e. The number of Topliss-reactive ketones (excluding diaryl/α,β-unsaturated/α-hetero) is 1. The van der Waals surface area contributed by atoms with E-state index in [-0.39, 0.29) is 35.9 Å². The van der Waals surface area contributed by atoms with E-state index in [0.717, 1.165) is 57.6 Å². The zero-order valence-electron chi connectivity index (χ0n) is 22.6. The van der Waals surface area contributed by atoms with Crippen molar-refractivity contribution in [2.45, 2.75) is 51.4 Å². The fourth-order valence-electron chi connectivity index (χ4n) is 5.73. The lowest BCUT2D eigenvalue weighted by Crippen LogP contribution is -2.44. The zero-order chi connectivity index (χ0) is 27.1. The second-order valence-electron chi connectivity index (χ2n) is 10.8. The van der Waals surface area contributed by atoms with Gasteiger partial charge in [-0.05, 0) is 61.4 Å². The average Bonchev–Trinajstić information content (AvgIpc) is 3.23. The molecule has 0 atom stereocenters. The number of piperidine rings is 1. The van der Waals surface area contributed by atoms with E-state index in [1.807, 2.05) is 40.1 Å². The predicted octanol–water partition coefficient (Wildman–Crippen LogP) is 4.51. The number of fused-ring (bicyclic) bond motifs is 1. The second-order valence-corrected chi connectivity index (χ2v) is 10.8. The first-order valence-corrected chi connectivity index (χ1v) is 14.2. The molecule has 8 nitrogen and oxygen atoms in total. The number of hydrogen-bond donors (Lipinski definition) is 0. The Bertz CT molecular complexity index is 1160. The monoisotopic (exact) mass is 534 g/mol. The minimum absolute atomic E-state index is 0.0338. The highest BCUT2D eigenvalue weighted by atomic mass is 16.5. The molecule has 2 fully saturated rings. The van der Waals surface area contributed by atoms with Crippen molar-refractivity contribution in [3.63, 3.8) is 0 Å². The van der Waals surface area contributed by atoms with Gasteiger partial charge < -0.3 is 24.0 Å². The van der Waals surface area contributed by atoms with Crippen molar-refractivity contribution in [3.05, 3.63) is 54.1 Å². The van der Waals surface area contributed by atoms with E-state index in [9.17, 15) is 14.4 Å². The molecule has 208 valence electrons. The summed E-state index contributed by atoms with van der Waals surface area (Å²) in [5.41, 5.74) is 0.634. The molecule has 2 aromatic carbocycles. The third-order valence-electron chi connectivity index (χ3n) is 8.15. The molecular formula is C31H38N2O6. The molecule has 2 saturated heterocycles. The first-order chi connectivity index (χ1) is 19.0. The molecule has 8 heteroatoms. The highest BCUT2D eigenvalue weighted by Gasteiger charge is 2.42. The van der Waals surface area contributed by atoms with Crippen molar-refractivity contribution in [1.29, 1.82) is 0 Å². The lowest BCUT2D eigenvalue weighted by molar-refractivity contribution is -0.135. The van der Waals surface area contributed by atoms with E-state index >= 15 is 0 Å². The lowest BCUT2D eigenvalue weighted by Gasteiger charge is -2.39. The van der Waals surface area contributed by atoms with Crippen LogP contribution >= 0.6 is 0 Å². The van der Waals surface area contributed by atoms with Gasteiger partial charge >= 0.3 is 0 Å². The van der Waals surface area contributed by atoms with Gasteiger partial charge in [-0.2, -0.15) is 0 Å². The standard InChI is InChI=1S/C31H38N2O6/c34-26(24-9-11-27-28(22-24)39-21-5-20-38-27)10-12-30(36)33-18-15-31(23-33)13-16-32(17-14-31)29(35)8-4-19-37-25-6-2-1-3-7-25/h1-3,6-7,9,11,22H,4-5,8,10,12-21,23H2. The zero-order valence-corrected chi connectivity index (χ0v) is 22.6. The fourth-order valence-corrected chi connectivity index (χ4v) is 5.73. The molecule has 2 amide bonds. The maximum Gasteiger partial charge on any atom is 0.223 e. The summed E-state index contributed by atoms with van der Waals surface area (Å²) >= 11 is 0. The van der Waals surface area contributed by atoms with Crippen molar-refractivity contribution in [1.82, 2.24) is 9.80 Å². The summed E-state index contributed by atoms with van der Waals surface area (Å²) in [7, 11) is 0. The number of carbonyl (C=O) groups excluding carboxylic acids is 3. The average molecular weight is 535 g/mol. The van der Waals surface area contributed by atoms with Crippen molar-refractivity contribution in [2.75, 3.05) is 46.0 Å². The number of rotatable bonds is 9. The van der Waals surface area contributed by atoms with Gasteiger partial charge in [0.05, 0.1) is 19.8 Å². The third kappa shape index (κ3) is 6.91. The van der Waals surface area contributed by atoms with Crippen LogP contribution in [-0.4, -0.2) is 73.4 Å². The Morgan fingerprint density at radius 2 is 1.49 bits per heavy atom. The number of ether oxygens (including phenoxy) is 3. The van der Waals surface area contributed by atoms with Crippen LogP contribution in [0.4, 0.5) is 0 Å². The molecule has 2 aromatic rings. The van der Waals surface area contributed by atoms with Crippen LogP contribution in [0.25, 0.3) is 0 Å². The molecule has 3 heterocycles. The summed E-state index contributed by atoms with van der Waals surface area (Å²) in [6.45, 7) is 4.62. The van der Waals surface area contributed by atoms with Crippen LogP contribution in [-0.2, 0) is 9.59 Å². The third-order valence-corrected chi connectivity index (χ3v) is 8.15. The lowest BCUT2D eigenvalue weighted by atomic mass is 9.77. The minimum Gasteiger partial charge on any atom is -0.494 e. The summed E-state index contributed by atoms with van der Waals surface area (Å²) in [6, 6.07) is 14.9. The Kier molecular flexibility index (Phi) is 8.69. The first kappa shape index (κ1) is 27.0. The first-order valence-electron chi connectivity index (χ1n) is 14.2. The van der Waals surface area contributed by atoms with Gasteiger partial charge in [0.15, 0.2) is 17.3 Å². The van der Waals surface area contributed by atoms with E-state index in [2.05, 4.69) is 0 Å². The Labute approximate surface area is 230 Å². The Hall–Kier alpha value is -3.55. The summed E-state index contributed by atoms with van der Waals surface area (Å²) < 4.78 is 17.0. The highest BCUT2D eigenvalue weighted by molar-refractivity contribution is 5.98. The highest BCUT2D eigenvalue weighted by Crippen LogP contribution is 2.41. The Morgan fingerprint density at radius 3 is 2.26 bits per heavy atom. The number of para-hydroxylation sites is 1. The van der Waals surface area contributed by atoms with E-state index in [4.69, 9.17) is 14.2 Å². The number of ketones is 1. The van der Waals surface area contributed by atoms with E-state index in [0.29, 0.717) is 49.7 Å². The fraction of sp³-hybridized carbons (Fsp3) is 0.516. The predicted molar refractivity (Wildman–Crippen MR) is 146 cm³/mol. The molecule has 1 spiro atoms. The molecule has 0 bridgehead atoms.